The Morgan fingerprint density at radius 2 is 2.12 bits per heavy atom. The van der Waals surface area contributed by atoms with Crippen molar-refractivity contribution in [3.05, 3.63) is 54.9 Å². The maximum absolute atomic E-state index is 4.28. The molecule has 0 aliphatic heterocycles. The van der Waals surface area contributed by atoms with Gasteiger partial charge in [-0.1, -0.05) is 36.0 Å². The minimum Gasteiger partial charge on any atom is -0.271 e. The van der Waals surface area contributed by atoms with Crippen molar-refractivity contribution in [1.29, 1.82) is 0 Å². The van der Waals surface area contributed by atoms with E-state index in [1.807, 2.05) is 42.2 Å². The highest BCUT2D eigenvalue weighted by Gasteiger charge is 2.08. The maximum Gasteiger partial charge on any atom is 0.0632 e. The SMILES string of the molecule is C=CCc1c(Sc2ccccc2)cnn1C. The molecule has 0 bridgehead atoms. The summed E-state index contributed by atoms with van der Waals surface area (Å²) in [6.07, 6.45) is 4.67. The highest BCUT2D eigenvalue weighted by molar-refractivity contribution is 7.99. The van der Waals surface area contributed by atoms with Crippen LogP contribution in [0, 0.1) is 0 Å². The molecule has 16 heavy (non-hydrogen) atoms. The van der Waals surface area contributed by atoms with Gasteiger partial charge in [0, 0.05) is 18.4 Å². The molecule has 0 saturated carbocycles. The zero-order valence-electron chi connectivity index (χ0n) is 9.26. The molecular weight excluding hydrogens is 216 g/mol. The van der Waals surface area contributed by atoms with Crippen LogP contribution in [0.1, 0.15) is 5.69 Å². The molecule has 2 nitrogen and oxygen atoms in total. The molecule has 1 aromatic carbocycles. The van der Waals surface area contributed by atoms with Crippen LogP contribution < -0.4 is 0 Å². The Labute approximate surface area is 100.0 Å². The maximum atomic E-state index is 4.28. The van der Waals surface area contributed by atoms with Gasteiger partial charge in [-0.2, -0.15) is 5.10 Å². The van der Waals surface area contributed by atoms with Crippen LogP contribution in [0.3, 0.4) is 0 Å². The Bertz CT molecular complexity index is 474. The molecule has 2 aromatic rings. The van der Waals surface area contributed by atoms with Crippen LogP contribution in [0.25, 0.3) is 0 Å². The smallest absolute Gasteiger partial charge is 0.0632 e. The molecule has 0 atom stereocenters. The largest absolute Gasteiger partial charge is 0.271 e. The van der Waals surface area contributed by atoms with E-state index < -0.39 is 0 Å². The molecule has 0 spiro atoms. The highest BCUT2D eigenvalue weighted by atomic mass is 32.2. The number of rotatable bonds is 4. The number of aryl methyl sites for hydroxylation is 1. The van der Waals surface area contributed by atoms with Crippen molar-refractivity contribution in [2.75, 3.05) is 0 Å². The Balaban J connectivity index is 2.24. The van der Waals surface area contributed by atoms with Crippen LogP contribution in [0.5, 0.6) is 0 Å². The number of aromatic nitrogens is 2. The summed E-state index contributed by atoms with van der Waals surface area (Å²) in [5, 5.41) is 4.28. The third kappa shape index (κ3) is 2.36. The van der Waals surface area contributed by atoms with Gasteiger partial charge in [0.15, 0.2) is 0 Å². The first-order valence-electron chi connectivity index (χ1n) is 5.16. The van der Waals surface area contributed by atoms with Crippen molar-refractivity contribution in [2.24, 2.45) is 7.05 Å². The third-order valence-electron chi connectivity index (χ3n) is 2.33. The molecule has 0 amide bonds. The Morgan fingerprint density at radius 1 is 1.38 bits per heavy atom. The van der Waals surface area contributed by atoms with E-state index in [9.17, 15) is 0 Å². The summed E-state index contributed by atoms with van der Waals surface area (Å²) in [5.41, 5.74) is 1.21. The van der Waals surface area contributed by atoms with E-state index in [2.05, 4.69) is 23.8 Å². The second-order valence-corrected chi connectivity index (χ2v) is 4.60. The van der Waals surface area contributed by atoms with Gasteiger partial charge in [0.1, 0.15) is 0 Å². The molecule has 1 aromatic heterocycles. The van der Waals surface area contributed by atoms with Crippen molar-refractivity contribution < 1.29 is 0 Å². The predicted octanol–water partition coefficient (Wildman–Crippen LogP) is 3.30. The second-order valence-electron chi connectivity index (χ2n) is 3.49. The van der Waals surface area contributed by atoms with Gasteiger partial charge in [0.25, 0.3) is 0 Å². The fraction of sp³-hybridized carbons (Fsp3) is 0.154. The van der Waals surface area contributed by atoms with Gasteiger partial charge < -0.3 is 0 Å². The number of nitrogens with zero attached hydrogens (tertiary/aromatic N) is 2. The van der Waals surface area contributed by atoms with Crippen molar-refractivity contribution in [3.8, 4) is 0 Å². The lowest BCUT2D eigenvalue weighted by molar-refractivity contribution is 0.723. The second kappa shape index (κ2) is 5.03. The fourth-order valence-electron chi connectivity index (χ4n) is 1.51. The fourth-order valence-corrected chi connectivity index (χ4v) is 2.49. The van der Waals surface area contributed by atoms with E-state index in [0.29, 0.717) is 0 Å². The lowest BCUT2D eigenvalue weighted by Gasteiger charge is -2.03. The molecule has 0 saturated heterocycles. The zero-order valence-corrected chi connectivity index (χ0v) is 10.1. The van der Waals surface area contributed by atoms with Crippen molar-refractivity contribution >= 4 is 11.8 Å². The molecule has 0 unspecified atom stereocenters. The summed E-state index contributed by atoms with van der Waals surface area (Å²) >= 11 is 1.74. The van der Waals surface area contributed by atoms with Crippen LogP contribution in [0.15, 0.2) is 59.0 Å². The minimum absolute atomic E-state index is 0.853. The molecule has 0 fully saturated rings. The first-order chi connectivity index (χ1) is 7.81. The first kappa shape index (κ1) is 11.0. The van der Waals surface area contributed by atoms with Gasteiger partial charge in [-0.05, 0) is 12.1 Å². The lowest BCUT2D eigenvalue weighted by Crippen LogP contribution is -1.97. The van der Waals surface area contributed by atoms with Crippen molar-refractivity contribution in [1.82, 2.24) is 9.78 Å². The quantitative estimate of drug-likeness (QED) is 0.750. The van der Waals surface area contributed by atoms with Gasteiger partial charge in [-0.3, -0.25) is 4.68 Å². The van der Waals surface area contributed by atoms with Crippen LogP contribution in [0.2, 0.25) is 0 Å². The monoisotopic (exact) mass is 230 g/mol. The van der Waals surface area contributed by atoms with Gasteiger partial charge >= 0.3 is 0 Å². The summed E-state index contributed by atoms with van der Waals surface area (Å²) in [7, 11) is 1.97. The summed E-state index contributed by atoms with van der Waals surface area (Å²) in [4.78, 5) is 2.44. The Hall–Kier alpha value is -1.48. The molecular formula is C13H14N2S. The van der Waals surface area contributed by atoms with Crippen LogP contribution in [-0.2, 0) is 13.5 Å². The first-order valence-corrected chi connectivity index (χ1v) is 5.97. The summed E-state index contributed by atoms with van der Waals surface area (Å²) < 4.78 is 1.91. The van der Waals surface area contributed by atoms with E-state index >= 15 is 0 Å². The van der Waals surface area contributed by atoms with Gasteiger partial charge in [-0.15, -0.1) is 6.58 Å². The van der Waals surface area contributed by atoms with Crippen molar-refractivity contribution in [2.45, 2.75) is 16.2 Å². The molecule has 0 aliphatic carbocycles. The number of allylic oxidation sites excluding steroid dienone is 1. The van der Waals surface area contributed by atoms with E-state index in [0.717, 1.165) is 6.42 Å². The highest BCUT2D eigenvalue weighted by Crippen LogP contribution is 2.30. The van der Waals surface area contributed by atoms with E-state index in [4.69, 9.17) is 0 Å². The number of hydrogen-bond acceptors (Lipinski definition) is 2. The van der Waals surface area contributed by atoms with Crippen LogP contribution >= 0.6 is 11.8 Å². The molecule has 3 heteroatoms. The molecule has 1 heterocycles. The Morgan fingerprint density at radius 3 is 2.81 bits per heavy atom. The molecule has 82 valence electrons. The van der Waals surface area contributed by atoms with E-state index in [1.54, 1.807) is 11.8 Å². The molecule has 0 radical (unpaired) electrons. The zero-order chi connectivity index (χ0) is 11.4. The number of hydrogen-bond donors (Lipinski definition) is 0. The number of benzene rings is 1. The normalized spacial score (nSPS) is 10.3. The summed E-state index contributed by atoms with van der Waals surface area (Å²) in [6, 6.07) is 10.3. The predicted molar refractivity (Wildman–Crippen MR) is 67.7 cm³/mol. The summed E-state index contributed by atoms with van der Waals surface area (Å²) in [6.45, 7) is 3.77. The topological polar surface area (TPSA) is 17.8 Å². The lowest BCUT2D eigenvalue weighted by atomic mass is 10.3. The van der Waals surface area contributed by atoms with E-state index in [1.165, 1.54) is 15.5 Å². The van der Waals surface area contributed by atoms with Gasteiger partial charge in [0.05, 0.1) is 16.8 Å². The van der Waals surface area contributed by atoms with Crippen LogP contribution in [-0.4, -0.2) is 9.78 Å². The van der Waals surface area contributed by atoms with Crippen LogP contribution in [0.4, 0.5) is 0 Å². The van der Waals surface area contributed by atoms with E-state index in [-0.39, 0.29) is 0 Å². The van der Waals surface area contributed by atoms with Crippen molar-refractivity contribution in [3.63, 3.8) is 0 Å². The molecule has 2 rings (SSSR count). The standard InChI is InChI=1S/C13H14N2S/c1-3-7-12-13(10-14-15(12)2)16-11-8-5-4-6-9-11/h3-6,8-10H,1,7H2,2H3. The minimum atomic E-state index is 0.853. The summed E-state index contributed by atoms with van der Waals surface area (Å²) in [5.74, 6) is 0. The molecule has 0 aliphatic rings. The van der Waals surface area contributed by atoms with Gasteiger partial charge in [-0.25, -0.2) is 0 Å². The Kier molecular flexibility index (Phi) is 3.47. The third-order valence-corrected chi connectivity index (χ3v) is 3.40. The average Bonchev–Trinajstić information content (AvgIpc) is 2.64. The average molecular weight is 230 g/mol. The molecule has 0 N–H and O–H groups in total. The van der Waals surface area contributed by atoms with Gasteiger partial charge in [0.2, 0.25) is 0 Å².